The second kappa shape index (κ2) is 11.7. The standard InChI is InChI=1S/C17H34O5/c1-7-10-12-14(9-3)15(21-22-17(4,5)6)20-16(18)19-13-11-8-2/h14-15H,7-13H2,1-6H3. The maximum absolute atomic E-state index is 11.8. The smallest absolute Gasteiger partial charge is 0.434 e. The molecule has 0 bridgehead atoms. The summed E-state index contributed by atoms with van der Waals surface area (Å²) in [5.74, 6) is 0.0982. The van der Waals surface area contributed by atoms with E-state index < -0.39 is 18.0 Å². The molecule has 0 saturated carbocycles. The zero-order valence-electron chi connectivity index (χ0n) is 15.1. The van der Waals surface area contributed by atoms with Crippen molar-refractivity contribution in [3.8, 4) is 0 Å². The lowest BCUT2D eigenvalue weighted by atomic mass is 9.99. The molecular formula is C17H34O5. The van der Waals surface area contributed by atoms with Crippen LogP contribution in [-0.2, 0) is 19.2 Å². The Morgan fingerprint density at radius 3 is 2.18 bits per heavy atom. The first-order chi connectivity index (χ1) is 10.3. The number of carbonyl (C=O) groups is 1. The molecule has 0 aromatic rings. The van der Waals surface area contributed by atoms with Crippen LogP contribution in [0.25, 0.3) is 0 Å². The van der Waals surface area contributed by atoms with Gasteiger partial charge in [0.15, 0.2) is 0 Å². The van der Waals surface area contributed by atoms with Crippen molar-refractivity contribution in [2.75, 3.05) is 6.61 Å². The van der Waals surface area contributed by atoms with E-state index in [1.807, 2.05) is 27.7 Å². The van der Waals surface area contributed by atoms with E-state index in [0.717, 1.165) is 38.5 Å². The monoisotopic (exact) mass is 318 g/mol. The van der Waals surface area contributed by atoms with E-state index in [0.29, 0.717) is 6.61 Å². The maximum Gasteiger partial charge on any atom is 0.510 e. The van der Waals surface area contributed by atoms with Crippen LogP contribution in [0.15, 0.2) is 0 Å². The zero-order valence-corrected chi connectivity index (χ0v) is 15.1. The van der Waals surface area contributed by atoms with E-state index in [2.05, 4.69) is 13.8 Å². The van der Waals surface area contributed by atoms with Gasteiger partial charge in [0.25, 0.3) is 0 Å². The van der Waals surface area contributed by atoms with Crippen molar-refractivity contribution in [2.24, 2.45) is 5.92 Å². The summed E-state index contributed by atoms with van der Waals surface area (Å²) in [7, 11) is 0. The van der Waals surface area contributed by atoms with Crippen LogP contribution in [0.3, 0.4) is 0 Å². The highest BCUT2D eigenvalue weighted by Crippen LogP contribution is 2.23. The Morgan fingerprint density at radius 1 is 1.05 bits per heavy atom. The van der Waals surface area contributed by atoms with Crippen molar-refractivity contribution >= 4 is 6.16 Å². The normalized spacial score (nSPS) is 14.5. The van der Waals surface area contributed by atoms with Crippen molar-refractivity contribution < 1.29 is 24.0 Å². The van der Waals surface area contributed by atoms with Crippen molar-refractivity contribution in [1.29, 1.82) is 0 Å². The van der Waals surface area contributed by atoms with Crippen LogP contribution >= 0.6 is 0 Å². The molecule has 2 unspecified atom stereocenters. The molecule has 0 aromatic heterocycles. The Morgan fingerprint density at radius 2 is 1.68 bits per heavy atom. The van der Waals surface area contributed by atoms with Crippen molar-refractivity contribution in [2.45, 2.75) is 92.0 Å². The number of ether oxygens (including phenoxy) is 2. The number of rotatable bonds is 11. The highest BCUT2D eigenvalue weighted by molar-refractivity contribution is 5.59. The third kappa shape index (κ3) is 10.9. The fourth-order valence-electron chi connectivity index (χ4n) is 1.81. The van der Waals surface area contributed by atoms with Crippen LogP contribution in [0.5, 0.6) is 0 Å². The molecule has 22 heavy (non-hydrogen) atoms. The summed E-state index contributed by atoms with van der Waals surface area (Å²) in [6, 6.07) is 0. The van der Waals surface area contributed by atoms with Crippen LogP contribution in [0.2, 0.25) is 0 Å². The summed E-state index contributed by atoms with van der Waals surface area (Å²) in [6.07, 6.45) is 4.29. The van der Waals surface area contributed by atoms with Gasteiger partial charge in [-0.1, -0.05) is 40.0 Å². The molecule has 5 heteroatoms. The minimum absolute atomic E-state index is 0.0982. The second-order valence-electron chi connectivity index (χ2n) is 6.54. The van der Waals surface area contributed by atoms with Gasteiger partial charge in [-0.05, 0) is 40.0 Å². The molecule has 0 heterocycles. The summed E-state index contributed by atoms with van der Waals surface area (Å²) in [5, 5.41) is 0. The fraction of sp³-hybridized carbons (Fsp3) is 0.941. The molecule has 0 aliphatic rings. The molecule has 2 atom stereocenters. The quantitative estimate of drug-likeness (QED) is 0.172. The van der Waals surface area contributed by atoms with Crippen molar-refractivity contribution in [1.82, 2.24) is 0 Å². The average molecular weight is 318 g/mol. The Hall–Kier alpha value is -0.810. The molecular weight excluding hydrogens is 284 g/mol. The predicted octanol–water partition coefficient (Wildman–Crippen LogP) is 5.23. The summed E-state index contributed by atoms with van der Waals surface area (Å²) >= 11 is 0. The first kappa shape index (κ1) is 21.2. The first-order valence-corrected chi connectivity index (χ1v) is 8.51. The first-order valence-electron chi connectivity index (χ1n) is 8.51. The van der Waals surface area contributed by atoms with Crippen LogP contribution in [0.1, 0.15) is 80.1 Å². The molecule has 0 aliphatic heterocycles. The third-order valence-corrected chi connectivity index (χ3v) is 3.16. The number of hydrogen-bond donors (Lipinski definition) is 0. The lowest BCUT2D eigenvalue weighted by Gasteiger charge is -2.27. The lowest BCUT2D eigenvalue weighted by molar-refractivity contribution is -0.418. The largest absolute Gasteiger partial charge is 0.510 e. The maximum atomic E-state index is 11.8. The second-order valence-corrected chi connectivity index (χ2v) is 6.54. The molecule has 0 N–H and O–H groups in total. The number of carbonyl (C=O) groups excluding carboxylic acids is 1. The van der Waals surface area contributed by atoms with E-state index in [-0.39, 0.29) is 5.92 Å². The van der Waals surface area contributed by atoms with Crippen LogP contribution in [-0.4, -0.2) is 24.7 Å². The Bertz CT molecular complexity index is 285. The molecule has 0 spiro atoms. The summed E-state index contributed by atoms with van der Waals surface area (Å²) in [5.41, 5.74) is -0.462. The van der Waals surface area contributed by atoms with Crippen molar-refractivity contribution in [3.05, 3.63) is 0 Å². The van der Waals surface area contributed by atoms with E-state index in [1.165, 1.54) is 0 Å². The van der Waals surface area contributed by atoms with Crippen LogP contribution in [0, 0.1) is 5.92 Å². The van der Waals surface area contributed by atoms with Crippen LogP contribution in [0.4, 0.5) is 4.79 Å². The Kier molecular flexibility index (Phi) is 11.3. The van der Waals surface area contributed by atoms with E-state index in [1.54, 1.807) is 0 Å². The van der Waals surface area contributed by atoms with Gasteiger partial charge in [-0.2, -0.15) is 4.89 Å². The molecule has 0 rings (SSSR count). The SMILES string of the molecule is CCCCOC(=O)OC(OOC(C)(C)C)C(CC)CCCC. The highest BCUT2D eigenvalue weighted by atomic mass is 17.2. The van der Waals surface area contributed by atoms with Gasteiger partial charge >= 0.3 is 6.16 Å². The van der Waals surface area contributed by atoms with Gasteiger partial charge in [0.05, 0.1) is 12.2 Å². The lowest BCUT2D eigenvalue weighted by Crippen LogP contribution is -2.33. The minimum atomic E-state index is -0.732. The fourth-order valence-corrected chi connectivity index (χ4v) is 1.81. The van der Waals surface area contributed by atoms with Gasteiger partial charge in [0.1, 0.15) is 0 Å². The summed E-state index contributed by atoms with van der Waals surface area (Å²) in [6.45, 7) is 12.3. The third-order valence-electron chi connectivity index (χ3n) is 3.16. The average Bonchev–Trinajstić information content (AvgIpc) is 2.44. The minimum Gasteiger partial charge on any atom is -0.434 e. The van der Waals surface area contributed by atoms with E-state index >= 15 is 0 Å². The topological polar surface area (TPSA) is 54.0 Å². The predicted molar refractivity (Wildman–Crippen MR) is 86.4 cm³/mol. The molecule has 0 amide bonds. The number of unbranched alkanes of at least 4 members (excludes halogenated alkanes) is 2. The van der Waals surface area contributed by atoms with Crippen molar-refractivity contribution in [3.63, 3.8) is 0 Å². The summed E-state index contributed by atoms with van der Waals surface area (Å²) < 4.78 is 10.4. The van der Waals surface area contributed by atoms with Gasteiger partial charge in [-0.3, -0.25) is 0 Å². The van der Waals surface area contributed by atoms with Gasteiger partial charge in [0, 0.05) is 5.92 Å². The van der Waals surface area contributed by atoms with Gasteiger partial charge in [-0.25, -0.2) is 9.68 Å². The van der Waals surface area contributed by atoms with Gasteiger partial charge in [0.2, 0.25) is 6.29 Å². The van der Waals surface area contributed by atoms with E-state index in [4.69, 9.17) is 19.2 Å². The molecule has 0 aliphatic carbocycles. The zero-order chi connectivity index (χ0) is 17.0. The molecule has 0 radical (unpaired) electrons. The van der Waals surface area contributed by atoms with Gasteiger partial charge in [-0.15, -0.1) is 0 Å². The van der Waals surface area contributed by atoms with Gasteiger partial charge < -0.3 is 9.47 Å². The molecule has 0 aromatic carbocycles. The summed E-state index contributed by atoms with van der Waals surface area (Å²) in [4.78, 5) is 22.5. The number of hydrogen-bond acceptors (Lipinski definition) is 5. The molecule has 132 valence electrons. The Labute approximate surface area is 135 Å². The van der Waals surface area contributed by atoms with Crippen LogP contribution < -0.4 is 0 Å². The highest BCUT2D eigenvalue weighted by Gasteiger charge is 2.28. The van der Waals surface area contributed by atoms with E-state index in [9.17, 15) is 4.79 Å². The molecule has 0 saturated heterocycles. The Balaban J connectivity index is 4.57. The molecule has 0 fully saturated rings. The molecule has 5 nitrogen and oxygen atoms in total.